The summed E-state index contributed by atoms with van der Waals surface area (Å²) in [6.07, 6.45) is -3.67. The van der Waals surface area contributed by atoms with Crippen molar-refractivity contribution in [3.63, 3.8) is 0 Å². The molecule has 0 aliphatic rings. The van der Waals surface area contributed by atoms with E-state index < -0.39 is 27.7 Å². The fourth-order valence-electron chi connectivity index (χ4n) is 2.37. The van der Waals surface area contributed by atoms with Crippen LogP contribution >= 0.6 is 23.5 Å². The zero-order valence-corrected chi connectivity index (χ0v) is 17.6. The predicted molar refractivity (Wildman–Crippen MR) is 102 cm³/mol. The van der Waals surface area contributed by atoms with Gasteiger partial charge < -0.3 is 5.11 Å². The predicted octanol–water partition coefficient (Wildman–Crippen LogP) is 4.73. The lowest BCUT2D eigenvalue weighted by atomic mass is 10.1. The molecule has 0 unspecified atom stereocenters. The van der Waals surface area contributed by atoms with E-state index in [1.54, 1.807) is 6.92 Å². The lowest BCUT2D eigenvalue weighted by Crippen LogP contribution is -2.25. The molecule has 29 heavy (non-hydrogen) atoms. The van der Waals surface area contributed by atoms with Gasteiger partial charge in [-0.2, -0.15) is 13.2 Å². The lowest BCUT2D eigenvalue weighted by molar-refractivity contribution is -0.137. The maximum atomic E-state index is 12.9. The SMILES string of the molecule is CCc1ccc(S(=O)(=O)N(CC)Sc2ncc(C(F)(F)F)cc2Cl)cc1C(=O)O. The topological polar surface area (TPSA) is 87.6 Å². The number of hydrogen-bond acceptors (Lipinski definition) is 5. The summed E-state index contributed by atoms with van der Waals surface area (Å²) >= 11 is 6.40. The number of halogens is 4. The van der Waals surface area contributed by atoms with Crippen LogP contribution in [0.1, 0.15) is 35.3 Å². The van der Waals surface area contributed by atoms with Gasteiger partial charge >= 0.3 is 12.1 Å². The average Bonchev–Trinajstić information content (AvgIpc) is 2.65. The molecular weight excluding hydrogens is 453 g/mol. The van der Waals surface area contributed by atoms with E-state index in [-0.39, 0.29) is 27.1 Å². The van der Waals surface area contributed by atoms with Crippen LogP contribution in [0.5, 0.6) is 0 Å². The molecule has 2 aromatic rings. The Morgan fingerprint density at radius 3 is 2.41 bits per heavy atom. The molecule has 0 atom stereocenters. The molecule has 0 spiro atoms. The van der Waals surface area contributed by atoms with Crippen LogP contribution in [0.15, 0.2) is 40.4 Å². The molecule has 0 saturated heterocycles. The first-order valence-electron chi connectivity index (χ1n) is 8.21. The minimum absolute atomic E-state index is 0.0655. The van der Waals surface area contributed by atoms with Crippen molar-refractivity contribution in [1.29, 1.82) is 0 Å². The number of aromatic carboxylic acids is 1. The Morgan fingerprint density at radius 2 is 1.93 bits per heavy atom. The average molecular weight is 469 g/mol. The third-order valence-corrected chi connectivity index (χ3v) is 7.66. The number of alkyl halides is 3. The Morgan fingerprint density at radius 1 is 1.28 bits per heavy atom. The lowest BCUT2D eigenvalue weighted by Gasteiger charge is -2.20. The second-order valence-electron chi connectivity index (χ2n) is 5.70. The minimum atomic E-state index is -4.63. The van der Waals surface area contributed by atoms with Gasteiger partial charge in [0.1, 0.15) is 5.03 Å². The highest BCUT2D eigenvalue weighted by atomic mass is 35.5. The highest BCUT2D eigenvalue weighted by Crippen LogP contribution is 2.36. The highest BCUT2D eigenvalue weighted by Gasteiger charge is 2.32. The van der Waals surface area contributed by atoms with E-state index in [1.807, 2.05) is 0 Å². The first kappa shape index (κ1) is 23.5. The largest absolute Gasteiger partial charge is 0.478 e. The molecule has 1 aromatic carbocycles. The number of benzene rings is 1. The molecule has 12 heteroatoms. The fourth-order valence-corrected chi connectivity index (χ4v) is 5.15. The maximum absolute atomic E-state index is 12.9. The summed E-state index contributed by atoms with van der Waals surface area (Å²) in [5.74, 6) is -1.26. The van der Waals surface area contributed by atoms with Crippen LogP contribution in [0.2, 0.25) is 5.02 Å². The van der Waals surface area contributed by atoms with Gasteiger partial charge in [0.05, 0.1) is 21.0 Å². The van der Waals surface area contributed by atoms with Crippen LogP contribution in [0.4, 0.5) is 13.2 Å². The molecule has 0 bridgehead atoms. The molecule has 0 aliphatic carbocycles. The van der Waals surface area contributed by atoms with Crippen LogP contribution in [0.3, 0.4) is 0 Å². The van der Waals surface area contributed by atoms with Gasteiger partial charge in [-0.15, -0.1) is 3.71 Å². The molecule has 1 heterocycles. The molecule has 0 radical (unpaired) electrons. The Kier molecular flexibility index (Phi) is 7.20. The number of carboxylic acids is 1. The molecule has 0 fully saturated rings. The summed E-state index contributed by atoms with van der Waals surface area (Å²) in [7, 11) is -4.17. The summed E-state index contributed by atoms with van der Waals surface area (Å²) < 4.78 is 65.0. The van der Waals surface area contributed by atoms with Gasteiger partial charge in [0.25, 0.3) is 10.0 Å². The van der Waals surface area contributed by atoms with Gasteiger partial charge in [0.2, 0.25) is 0 Å². The molecule has 0 aliphatic heterocycles. The Labute approximate surface area is 174 Å². The van der Waals surface area contributed by atoms with E-state index in [1.165, 1.54) is 19.1 Å². The summed E-state index contributed by atoms with van der Waals surface area (Å²) in [4.78, 5) is 14.8. The molecule has 2 rings (SSSR count). The second-order valence-corrected chi connectivity index (χ2v) is 9.21. The molecule has 0 amide bonds. The third kappa shape index (κ3) is 5.21. The van der Waals surface area contributed by atoms with Crippen LogP contribution in [0.25, 0.3) is 0 Å². The van der Waals surface area contributed by atoms with Crippen molar-refractivity contribution in [1.82, 2.24) is 8.69 Å². The molecule has 6 nitrogen and oxygen atoms in total. The monoisotopic (exact) mass is 468 g/mol. The van der Waals surface area contributed by atoms with Crippen LogP contribution in [0, 0.1) is 0 Å². The van der Waals surface area contributed by atoms with Crippen molar-refractivity contribution in [3.05, 3.63) is 52.2 Å². The van der Waals surface area contributed by atoms with E-state index in [0.717, 1.165) is 9.78 Å². The number of sulfonamides is 1. The zero-order valence-electron chi connectivity index (χ0n) is 15.2. The van der Waals surface area contributed by atoms with Gasteiger partial charge in [-0.05, 0) is 42.1 Å². The summed E-state index contributed by atoms with van der Waals surface area (Å²) in [6, 6.07) is 4.42. The Balaban J connectivity index is 2.41. The smallest absolute Gasteiger partial charge is 0.417 e. The van der Waals surface area contributed by atoms with Crippen molar-refractivity contribution in [2.45, 2.75) is 36.4 Å². The van der Waals surface area contributed by atoms with Crippen LogP contribution in [-0.2, 0) is 22.6 Å². The van der Waals surface area contributed by atoms with Gasteiger partial charge in [-0.1, -0.05) is 31.5 Å². The van der Waals surface area contributed by atoms with E-state index in [9.17, 15) is 31.5 Å². The van der Waals surface area contributed by atoms with Crippen molar-refractivity contribution < 1.29 is 31.5 Å². The summed E-state index contributed by atoms with van der Waals surface area (Å²) in [5, 5.41) is 8.83. The fraction of sp³-hybridized carbons (Fsp3) is 0.294. The van der Waals surface area contributed by atoms with Crippen molar-refractivity contribution in [2.24, 2.45) is 0 Å². The highest BCUT2D eigenvalue weighted by molar-refractivity contribution is 8.08. The number of nitrogens with zero attached hydrogens (tertiary/aromatic N) is 2. The molecule has 158 valence electrons. The minimum Gasteiger partial charge on any atom is -0.478 e. The number of carbonyl (C=O) groups is 1. The number of hydrogen-bond donors (Lipinski definition) is 1. The Hall–Kier alpha value is -1.82. The quantitative estimate of drug-likeness (QED) is 0.591. The van der Waals surface area contributed by atoms with E-state index in [4.69, 9.17) is 11.6 Å². The van der Waals surface area contributed by atoms with Gasteiger partial charge in [-0.3, -0.25) is 0 Å². The number of carboxylic acid groups (broad SMARTS) is 1. The van der Waals surface area contributed by atoms with E-state index in [0.29, 0.717) is 36.2 Å². The van der Waals surface area contributed by atoms with E-state index >= 15 is 0 Å². The number of rotatable bonds is 7. The van der Waals surface area contributed by atoms with Crippen molar-refractivity contribution in [3.8, 4) is 0 Å². The molecule has 1 aromatic heterocycles. The first-order chi connectivity index (χ1) is 13.4. The first-order valence-corrected chi connectivity index (χ1v) is 10.8. The molecular formula is C17H16ClF3N2O4S2. The number of aryl methyl sites for hydroxylation is 1. The number of pyridine rings is 1. The molecule has 1 N–H and O–H groups in total. The van der Waals surface area contributed by atoms with Gasteiger partial charge in [0, 0.05) is 12.7 Å². The van der Waals surface area contributed by atoms with Crippen molar-refractivity contribution >= 4 is 39.5 Å². The number of aromatic nitrogens is 1. The Bertz CT molecular complexity index is 1030. The maximum Gasteiger partial charge on any atom is 0.417 e. The second kappa shape index (κ2) is 8.90. The van der Waals surface area contributed by atoms with Crippen LogP contribution < -0.4 is 0 Å². The summed E-state index contributed by atoms with van der Waals surface area (Å²) in [6.45, 7) is 3.19. The van der Waals surface area contributed by atoms with Gasteiger partial charge in [-0.25, -0.2) is 18.2 Å². The van der Waals surface area contributed by atoms with E-state index in [2.05, 4.69) is 4.98 Å². The molecule has 0 saturated carbocycles. The standard InChI is InChI=1S/C17H16ClF3N2O4S2/c1-3-10-5-6-12(8-13(10)16(24)25)29(26,27)23(4-2)28-15-14(18)7-11(9-22-15)17(19,20)21/h5-9H,3-4H2,1-2H3,(H,24,25). The van der Waals surface area contributed by atoms with Crippen LogP contribution in [-0.4, -0.2) is 34.7 Å². The van der Waals surface area contributed by atoms with Gasteiger partial charge in [0.15, 0.2) is 0 Å². The summed E-state index contributed by atoms with van der Waals surface area (Å²) in [5.41, 5.74) is -0.723. The zero-order chi connectivity index (χ0) is 22.0. The normalized spacial score (nSPS) is 12.4. The van der Waals surface area contributed by atoms with Crippen molar-refractivity contribution in [2.75, 3.05) is 6.54 Å². The third-order valence-electron chi connectivity index (χ3n) is 3.84.